The molecule has 0 N–H and O–H groups in total. The topological polar surface area (TPSA) is 0 Å². The Hall–Kier alpha value is -2.88. The maximum atomic E-state index is 14.8. The zero-order valence-corrected chi connectivity index (χ0v) is 17.6. The Morgan fingerprint density at radius 1 is 0.871 bits per heavy atom. The minimum Gasteiger partial charge on any atom is -0.203 e. The average Bonchev–Trinajstić information content (AvgIpc) is 2.79. The molecule has 1 saturated carbocycles. The van der Waals surface area contributed by atoms with E-state index in [9.17, 15) is 17.6 Å². The lowest BCUT2D eigenvalue weighted by molar-refractivity contribution is 0.364. The number of hydrogen-bond donors (Lipinski definition) is 0. The van der Waals surface area contributed by atoms with Crippen molar-refractivity contribution in [3.63, 3.8) is 0 Å². The maximum absolute atomic E-state index is 14.8. The van der Waals surface area contributed by atoms with E-state index >= 15 is 0 Å². The molecule has 0 unspecified atom stereocenters. The standard InChI is InChI=1S/C27H26F4/c1-17(2)24(28)25(29)18(3)9-10-19-11-13-21(14-12-19)23-16-15-22(26(30)27(23)31)20-7-5-4-6-8-20/h4-10,15-16,19,21H,1,3,11-14H2,2H3/b10-9+,25-24-. The van der Waals surface area contributed by atoms with Crippen molar-refractivity contribution in [1.82, 2.24) is 0 Å². The van der Waals surface area contributed by atoms with Crippen molar-refractivity contribution in [2.45, 2.75) is 38.5 Å². The van der Waals surface area contributed by atoms with Gasteiger partial charge < -0.3 is 0 Å². The summed E-state index contributed by atoms with van der Waals surface area (Å²) in [6.45, 7) is 8.34. The van der Waals surface area contributed by atoms with Gasteiger partial charge in [-0.05, 0) is 61.1 Å². The molecule has 0 nitrogen and oxygen atoms in total. The Morgan fingerprint density at radius 3 is 2.13 bits per heavy atom. The van der Waals surface area contributed by atoms with Gasteiger partial charge in [-0.2, -0.15) is 0 Å². The van der Waals surface area contributed by atoms with Crippen LogP contribution in [0.4, 0.5) is 17.6 Å². The van der Waals surface area contributed by atoms with Crippen LogP contribution < -0.4 is 0 Å². The fourth-order valence-corrected chi connectivity index (χ4v) is 4.00. The Labute approximate surface area is 181 Å². The van der Waals surface area contributed by atoms with Crippen LogP contribution in [0.5, 0.6) is 0 Å². The van der Waals surface area contributed by atoms with Gasteiger partial charge in [0.25, 0.3) is 0 Å². The quantitative estimate of drug-likeness (QED) is 0.320. The van der Waals surface area contributed by atoms with Crippen molar-refractivity contribution in [3.05, 3.63) is 108 Å². The van der Waals surface area contributed by atoms with Crippen LogP contribution in [0.1, 0.15) is 44.1 Å². The third-order valence-corrected chi connectivity index (χ3v) is 5.83. The van der Waals surface area contributed by atoms with Crippen LogP contribution in [-0.2, 0) is 0 Å². The van der Waals surface area contributed by atoms with E-state index < -0.39 is 23.3 Å². The molecule has 1 aliphatic carbocycles. The number of hydrogen-bond acceptors (Lipinski definition) is 0. The molecule has 0 heterocycles. The maximum Gasteiger partial charge on any atom is 0.166 e. The summed E-state index contributed by atoms with van der Waals surface area (Å²) in [5, 5.41) is 0. The third-order valence-electron chi connectivity index (χ3n) is 5.83. The van der Waals surface area contributed by atoms with Gasteiger partial charge in [0.05, 0.1) is 0 Å². The molecule has 0 radical (unpaired) electrons. The van der Waals surface area contributed by atoms with E-state index in [1.54, 1.807) is 36.4 Å². The molecule has 0 aliphatic heterocycles. The first-order valence-corrected chi connectivity index (χ1v) is 10.4. The minimum absolute atomic E-state index is 0.0140. The molecule has 4 heteroatoms. The summed E-state index contributed by atoms with van der Waals surface area (Å²) in [4.78, 5) is 0. The highest BCUT2D eigenvalue weighted by Crippen LogP contribution is 2.39. The van der Waals surface area contributed by atoms with Crippen LogP contribution >= 0.6 is 0 Å². The van der Waals surface area contributed by atoms with E-state index in [-0.39, 0.29) is 28.5 Å². The summed E-state index contributed by atoms with van der Waals surface area (Å²) in [5.41, 5.74) is 1.28. The summed E-state index contributed by atoms with van der Waals surface area (Å²) in [6.07, 6.45) is 6.20. The van der Waals surface area contributed by atoms with Crippen LogP contribution in [0.25, 0.3) is 11.1 Å². The molecule has 0 spiro atoms. The highest BCUT2D eigenvalue weighted by Gasteiger charge is 2.25. The van der Waals surface area contributed by atoms with Crippen molar-refractivity contribution in [3.8, 4) is 11.1 Å². The molecule has 162 valence electrons. The van der Waals surface area contributed by atoms with Crippen molar-refractivity contribution in [2.75, 3.05) is 0 Å². The molecule has 0 atom stereocenters. The van der Waals surface area contributed by atoms with Gasteiger partial charge in [-0.3, -0.25) is 0 Å². The highest BCUT2D eigenvalue weighted by molar-refractivity contribution is 5.64. The lowest BCUT2D eigenvalue weighted by Gasteiger charge is -2.27. The molecule has 0 aromatic heterocycles. The van der Waals surface area contributed by atoms with Crippen molar-refractivity contribution in [1.29, 1.82) is 0 Å². The van der Waals surface area contributed by atoms with E-state index in [4.69, 9.17) is 0 Å². The fourth-order valence-electron chi connectivity index (χ4n) is 4.00. The van der Waals surface area contributed by atoms with Gasteiger partial charge >= 0.3 is 0 Å². The number of allylic oxidation sites excluding steroid dienone is 6. The van der Waals surface area contributed by atoms with Crippen LogP contribution in [0.3, 0.4) is 0 Å². The van der Waals surface area contributed by atoms with Crippen molar-refractivity contribution in [2.24, 2.45) is 5.92 Å². The SMILES string of the molecule is C=C(C)/C(F)=C(/F)C(=C)/C=C/C1CCC(c2ccc(-c3ccccc3)c(F)c2F)CC1. The number of benzene rings is 2. The molecular formula is C27H26F4. The molecule has 0 saturated heterocycles. The van der Waals surface area contributed by atoms with Gasteiger partial charge in [-0.15, -0.1) is 0 Å². The lowest BCUT2D eigenvalue weighted by Crippen LogP contribution is -2.13. The molecule has 0 bridgehead atoms. The first kappa shape index (κ1) is 22.8. The second kappa shape index (κ2) is 9.95. The van der Waals surface area contributed by atoms with Crippen LogP contribution in [0.2, 0.25) is 0 Å². The van der Waals surface area contributed by atoms with Gasteiger partial charge in [0.1, 0.15) is 0 Å². The second-order valence-electron chi connectivity index (χ2n) is 8.10. The third kappa shape index (κ3) is 5.25. The summed E-state index contributed by atoms with van der Waals surface area (Å²) >= 11 is 0. The molecule has 2 aromatic carbocycles. The summed E-state index contributed by atoms with van der Waals surface area (Å²) < 4.78 is 57.1. The largest absolute Gasteiger partial charge is 0.203 e. The van der Waals surface area contributed by atoms with Gasteiger partial charge in [-0.1, -0.05) is 67.8 Å². The van der Waals surface area contributed by atoms with Gasteiger partial charge in [0, 0.05) is 11.1 Å². The number of halogens is 4. The average molecular weight is 426 g/mol. The predicted molar refractivity (Wildman–Crippen MR) is 119 cm³/mol. The van der Waals surface area contributed by atoms with Gasteiger partial charge in [0.15, 0.2) is 23.3 Å². The Bertz CT molecular complexity index is 1020. The molecule has 3 rings (SSSR count). The fraction of sp³-hybridized carbons (Fsp3) is 0.259. The molecule has 1 aliphatic rings. The monoisotopic (exact) mass is 426 g/mol. The van der Waals surface area contributed by atoms with Crippen molar-refractivity contribution < 1.29 is 17.6 Å². The molecule has 2 aromatic rings. The van der Waals surface area contributed by atoms with Gasteiger partial charge in [0.2, 0.25) is 0 Å². The Morgan fingerprint density at radius 2 is 1.52 bits per heavy atom. The first-order valence-electron chi connectivity index (χ1n) is 10.4. The molecule has 31 heavy (non-hydrogen) atoms. The molecule has 1 fully saturated rings. The van der Waals surface area contributed by atoms with Crippen LogP contribution in [0, 0.1) is 17.6 Å². The summed E-state index contributed by atoms with van der Waals surface area (Å²) in [6, 6.07) is 12.2. The van der Waals surface area contributed by atoms with Crippen molar-refractivity contribution >= 4 is 0 Å². The smallest absolute Gasteiger partial charge is 0.166 e. The molecular weight excluding hydrogens is 400 g/mol. The van der Waals surface area contributed by atoms with Crippen LogP contribution in [0.15, 0.2) is 90.6 Å². The normalized spacial score (nSPS) is 19.9. The summed E-state index contributed by atoms with van der Waals surface area (Å²) in [5.74, 6) is -3.50. The van der Waals surface area contributed by atoms with Crippen LogP contribution in [-0.4, -0.2) is 0 Å². The van der Waals surface area contributed by atoms with E-state index in [0.29, 0.717) is 24.0 Å². The van der Waals surface area contributed by atoms with E-state index in [1.807, 2.05) is 12.1 Å². The molecule has 0 amide bonds. The van der Waals surface area contributed by atoms with E-state index in [1.165, 1.54) is 13.0 Å². The van der Waals surface area contributed by atoms with E-state index in [0.717, 1.165) is 12.8 Å². The zero-order valence-electron chi connectivity index (χ0n) is 17.6. The predicted octanol–water partition coefficient (Wildman–Crippen LogP) is 8.74. The Kier molecular flexibility index (Phi) is 7.32. The zero-order chi connectivity index (χ0) is 22.5. The Balaban J connectivity index is 1.66. The summed E-state index contributed by atoms with van der Waals surface area (Å²) in [7, 11) is 0. The van der Waals surface area contributed by atoms with E-state index in [2.05, 4.69) is 13.2 Å². The lowest BCUT2D eigenvalue weighted by atomic mass is 9.78. The first-order chi connectivity index (χ1) is 14.8. The second-order valence-corrected chi connectivity index (χ2v) is 8.10. The highest BCUT2D eigenvalue weighted by atomic mass is 19.2. The number of rotatable bonds is 6. The van der Waals surface area contributed by atoms with Gasteiger partial charge in [-0.25, -0.2) is 17.6 Å². The minimum atomic E-state index is -1.01.